The molecule has 0 aromatic heterocycles. The van der Waals surface area contributed by atoms with E-state index in [1.165, 1.54) is 18.0 Å². The maximum atomic E-state index is 12.2. The van der Waals surface area contributed by atoms with E-state index in [9.17, 15) is 14.4 Å². The van der Waals surface area contributed by atoms with Crippen LogP contribution < -0.4 is 15.4 Å². The fraction of sp³-hybridized carbons (Fsp3) is 0.100. The molecule has 8 heteroatoms. The van der Waals surface area contributed by atoms with Gasteiger partial charge in [-0.05, 0) is 48.1 Å². The van der Waals surface area contributed by atoms with Gasteiger partial charge in [-0.3, -0.25) is 24.6 Å². The molecule has 0 bridgehead atoms. The number of likely N-dealkylation sites (N-methyl/N-ethyl adjacent to an activating group) is 1. The number of carbonyl (C=O) groups excluding carboxylic acids is 3. The van der Waals surface area contributed by atoms with Crippen LogP contribution in [0.15, 0.2) is 60.2 Å². The SMILES string of the molecule is CN1C(=O)C(=Cc2ccc(OCC(=O)Nc3ccccc3)cc2)C(=O)NC1=S. The number of hydrogen-bond acceptors (Lipinski definition) is 5. The van der Waals surface area contributed by atoms with Gasteiger partial charge in [0, 0.05) is 12.7 Å². The van der Waals surface area contributed by atoms with Crippen LogP contribution in [0.5, 0.6) is 5.75 Å². The molecule has 0 unspecified atom stereocenters. The van der Waals surface area contributed by atoms with Gasteiger partial charge in [0.1, 0.15) is 11.3 Å². The number of hydrogen-bond donors (Lipinski definition) is 2. The quantitative estimate of drug-likeness (QED) is 0.459. The van der Waals surface area contributed by atoms with E-state index >= 15 is 0 Å². The Morgan fingerprint density at radius 1 is 1.14 bits per heavy atom. The summed E-state index contributed by atoms with van der Waals surface area (Å²) in [6.45, 7) is -0.140. The molecule has 0 radical (unpaired) electrons. The highest BCUT2D eigenvalue weighted by atomic mass is 32.1. The van der Waals surface area contributed by atoms with E-state index in [4.69, 9.17) is 17.0 Å². The molecule has 1 aliphatic heterocycles. The fourth-order valence-electron chi connectivity index (χ4n) is 2.44. The van der Waals surface area contributed by atoms with E-state index in [1.807, 2.05) is 18.2 Å². The lowest BCUT2D eigenvalue weighted by atomic mass is 10.1. The Morgan fingerprint density at radius 3 is 2.50 bits per heavy atom. The van der Waals surface area contributed by atoms with Crippen LogP contribution in [0.4, 0.5) is 5.69 Å². The van der Waals surface area contributed by atoms with E-state index in [2.05, 4.69) is 10.6 Å². The van der Waals surface area contributed by atoms with Crippen molar-refractivity contribution >= 4 is 46.8 Å². The molecule has 1 saturated heterocycles. The third kappa shape index (κ3) is 4.60. The van der Waals surface area contributed by atoms with Gasteiger partial charge >= 0.3 is 0 Å². The van der Waals surface area contributed by atoms with Gasteiger partial charge in [-0.1, -0.05) is 30.3 Å². The van der Waals surface area contributed by atoms with Crippen LogP contribution in [-0.4, -0.2) is 41.4 Å². The van der Waals surface area contributed by atoms with Gasteiger partial charge in [-0.2, -0.15) is 0 Å². The smallest absolute Gasteiger partial charge is 0.265 e. The zero-order valence-corrected chi connectivity index (χ0v) is 15.8. The number of ether oxygens (including phenoxy) is 1. The maximum Gasteiger partial charge on any atom is 0.265 e. The molecule has 2 N–H and O–H groups in total. The molecule has 7 nitrogen and oxygen atoms in total. The number of thiocarbonyl (C=S) groups is 1. The fourth-order valence-corrected chi connectivity index (χ4v) is 2.62. The minimum Gasteiger partial charge on any atom is -0.484 e. The van der Waals surface area contributed by atoms with E-state index in [1.54, 1.807) is 36.4 Å². The van der Waals surface area contributed by atoms with Crippen molar-refractivity contribution in [1.82, 2.24) is 10.2 Å². The second-order valence-corrected chi connectivity index (χ2v) is 6.34. The number of nitrogens with zero attached hydrogens (tertiary/aromatic N) is 1. The van der Waals surface area contributed by atoms with Crippen LogP contribution >= 0.6 is 12.2 Å². The molecule has 0 spiro atoms. The Kier molecular flexibility index (Phi) is 5.81. The Bertz CT molecular complexity index is 955. The molecule has 142 valence electrons. The first-order chi connectivity index (χ1) is 13.4. The number of carbonyl (C=O) groups is 3. The van der Waals surface area contributed by atoms with Gasteiger partial charge in [0.05, 0.1) is 0 Å². The predicted molar refractivity (Wildman–Crippen MR) is 108 cm³/mol. The molecule has 2 aromatic rings. The predicted octanol–water partition coefficient (Wildman–Crippen LogP) is 1.96. The Morgan fingerprint density at radius 2 is 1.82 bits per heavy atom. The topological polar surface area (TPSA) is 87.7 Å². The van der Waals surface area contributed by atoms with Gasteiger partial charge in [-0.15, -0.1) is 0 Å². The molecule has 0 aliphatic carbocycles. The van der Waals surface area contributed by atoms with Gasteiger partial charge in [-0.25, -0.2) is 0 Å². The number of amides is 3. The normalized spacial score (nSPS) is 15.4. The average Bonchev–Trinajstić information content (AvgIpc) is 2.70. The minimum absolute atomic E-state index is 0.00740. The summed E-state index contributed by atoms with van der Waals surface area (Å²) in [7, 11) is 1.50. The highest BCUT2D eigenvalue weighted by Crippen LogP contribution is 2.17. The molecule has 2 aromatic carbocycles. The molecule has 0 atom stereocenters. The summed E-state index contributed by atoms with van der Waals surface area (Å²) in [5, 5.41) is 5.25. The summed E-state index contributed by atoms with van der Waals surface area (Å²) >= 11 is 4.91. The van der Waals surface area contributed by atoms with E-state index in [-0.39, 0.29) is 23.2 Å². The second kappa shape index (κ2) is 8.45. The van der Waals surface area contributed by atoms with Crippen molar-refractivity contribution in [1.29, 1.82) is 0 Å². The zero-order valence-electron chi connectivity index (χ0n) is 15.0. The van der Waals surface area contributed by atoms with Crippen molar-refractivity contribution in [2.45, 2.75) is 0 Å². The summed E-state index contributed by atoms with van der Waals surface area (Å²) in [5.74, 6) is -0.790. The lowest BCUT2D eigenvalue weighted by Gasteiger charge is -2.25. The van der Waals surface area contributed by atoms with Crippen LogP contribution in [0, 0.1) is 0 Å². The number of benzene rings is 2. The van der Waals surface area contributed by atoms with Gasteiger partial charge in [0.15, 0.2) is 11.7 Å². The van der Waals surface area contributed by atoms with Gasteiger partial charge in [0.2, 0.25) is 0 Å². The van der Waals surface area contributed by atoms with Crippen molar-refractivity contribution in [3.63, 3.8) is 0 Å². The maximum absolute atomic E-state index is 12.2. The lowest BCUT2D eigenvalue weighted by Crippen LogP contribution is -2.52. The summed E-state index contributed by atoms with van der Waals surface area (Å²) in [5.41, 5.74) is 1.32. The molecule has 1 heterocycles. The first-order valence-electron chi connectivity index (χ1n) is 8.37. The Balaban J connectivity index is 1.60. The average molecular weight is 395 g/mol. The summed E-state index contributed by atoms with van der Waals surface area (Å²) in [6.07, 6.45) is 1.47. The lowest BCUT2D eigenvalue weighted by molar-refractivity contribution is -0.128. The molecule has 1 fully saturated rings. The number of anilines is 1. The molecule has 0 saturated carbocycles. The highest BCUT2D eigenvalue weighted by molar-refractivity contribution is 7.80. The number of para-hydroxylation sites is 1. The summed E-state index contributed by atoms with van der Waals surface area (Å²) in [4.78, 5) is 37.3. The summed E-state index contributed by atoms with van der Waals surface area (Å²) < 4.78 is 5.45. The first-order valence-corrected chi connectivity index (χ1v) is 8.77. The van der Waals surface area contributed by atoms with E-state index in [0.29, 0.717) is 17.0 Å². The minimum atomic E-state index is -0.536. The third-order valence-corrected chi connectivity index (χ3v) is 4.30. The van der Waals surface area contributed by atoms with Crippen molar-refractivity contribution in [3.05, 3.63) is 65.7 Å². The second-order valence-electron chi connectivity index (χ2n) is 5.95. The molecule has 3 amide bonds. The van der Waals surface area contributed by atoms with Crippen molar-refractivity contribution in [2.75, 3.05) is 19.0 Å². The van der Waals surface area contributed by atoms with Gasteiger partial charge < -0.3 is 10.1 Å². The van der Waals surface area contributed by atoms with Crippen molar-refractivity contribution < 1.29 is 19.1 Å². The Labute approximate surface area is 167 Å². The molecular formula is C20H17N3O4S. The zero-order chi connectivity index (χ0) is 20.1. The van der Waals surface area contributed by atoms with Gasteiger partial charge in [0.25, 0.3) is 17.7 Å². The standard InChI is InChI=1S/C20H17N3O4S/c1-23-19(26)16(18(25)22-20(23)28)11-13-7-9-15(10-8-13)27-12-17(24)21-14-5-3-2-4-6-14/h2-11H,12H2,1H3,(H,21,24)(H,22,25,28). The van der Waals surface area contributed by atoms with Crippen LogP contribution in [0.25, 0.3) is 6.08 Å². The first kappa shape index (κ1) is 19.2. The highest BCUT2D eigenvalue weighted by Gasteiger charge is 2.30. The Hall–Kier alpha value is -3.52. The largest absolute Gasteiger partial charge is 0.484 e. The van der Waals surface area contributed by atoms with E-state index < -0.39 is 11.8 Å². The van der Waals surface area contributed by atoms with Crippen molar-refractivity contribution in [2.24, 2.45) is 0 Å². The van der Waals surface area contributed by atoms with Crippen molar-refractivity contribution in [3.8, 4) is 5.75 Å². The van der Waals surface area contributed by atoms with Crippen LogP contribution in [0.2, 0.25) is 0 Å². The molecular weight excluding hydrogens is 378 g/mol. The van der Waals surface area contributed by atoms with Crippen LogP contribution in [0.3, 0.4) is 0 Å². The van der Waals surface area contributed by atoms with E-state index in [0.717, 1.165) is 0 Å². The molecule has 28 heavy (non-hydrogen) atoms. The van der Waals surface area contributed by atoms with Crippen LogP contribution in [-0.2, 0) is 14.4 Å². The monoisotopic (exact) mass is 395 g/mol. The number of nitrogens with one attached hydrogen (secondary N) is 2. The third-order valence-electron chi connectivity index (χ3n) is 3.92. The van der Waals surface area contributed by atoms with Crippen LogP contribution in [0.1, 0.15) is 5.56 Å². The summed E-state index contributed by atoms with van der Waals surface area (Å²) in [6, 6.07) is 15.8. The molecule has 3 rings (SSSR count). The number of rotatable bonds is 5. The molecule has 1 aliphatic rings.